The summed E-state index contributed by atoms with van der Waals surface area (Å²) < 4.78 is 0. The average molecular weight is 371 g/mol. The maximum absolute atomic E-state index is 5.00. The summed E-state index contributed by atoms with van der Waals surface area (Å²) >= 11 is 0. The Balaban J connectivity index is 1.88. The molecule has 0 aliphatic carbocycles. The van der Waals surface area contributed by atoms with Gasteiger partial charge in [0, 0.05) is 27.2 Å². The fourth-order valence-corrected chi connectivity index (χ4v) is 7.03. The van der Waals surface area contributed by atoms with Gasteiger partial charge in [0.05, 0.1) is 11.2 Å². The summed E-state index contributed by atoms with van der Waals surface area (Å²) in [7, 11) is -1.09. The molecule has 5 rings (SSSR count). The molecular weight excluding hydrogens is 348 g/mol. The lowest BCUT2D eigenvalue weighted by Crippen LogP contribution is -2.01. The van der Waals surface area contributed by atoms with Crippen molar-refractivity contribution in [3.05, 3.63) is 72.6 Å². The molecule has 0 unspecified atom stereocenters. The summed E-state index contributed by atoms with van der Waals surface area (Å²) in [5, 5.41) is 1.13. The molecule has 2 nitrogen and oxygen atoms in total. The van der Waals surface area contributed by atoms with Gasteiger partial charge in [0.1, 0.15) is 5.82 Å². The zero-order chi connectivity index (χ0) is 18.6. The monoisotopic (exact) mass is 370 g/mol. The van der Waals surface area contributed by atoms with Crippen LogP contribution in [0.15, 0.2) is 76.5 Å². The van der Waals surface area contributed by atoms with Crippen LogP contribution in [-0.2, 0) is 6.42 Å². The number of nitrogens with zero attached hydrogens (tertiary/aromatic N) is 2. The molecule has 0 fully saturated rings. The Bertz CT molecular complexity index is 1190. The highest BCUT2D eigenvalue weighted by Crippen LogP contribution is 2.69. The van der Waals surface area contributed by atoms with E-state index in [-0.39, 0.29) is 0 Å². The van der Waals surface area contributed by atoms with Crippen LogP contribution in [0.3, 0.4) is 0 Å². The molecule has 27 heavy (non-hydrogen) atoms. The first-order valence-electron chi connectivity index (χ1n) is 9.33. The van der Waals surface area contributed by atoms with Gasteiger partial charge in [0.2, 0.25) is 0 Å². The quantitative estimate of drug-likeness (QED) is 0.412. The summed E-state index contributed by atoms with van der Waals surface area (Å²) in [4.78, 5) is 12.7. The van der Waals surface area contributed by atoms with E-state index < -0.39 is 10.0 Å². The van der Waals surface area contributed by atoms with Crippen molar-refractivity contribution < 1.29 is 0 Å². The summed E-state index contributed by atoms with van der Waals surface area (Å²) in [5.74, 6) is 0.907. The fraction of sp³-hybridized carbons (Fsp3) is 0.167. The topological polar surface area (TPSA) is 25.8 Å². The molecule has 0 N–H and O–H groups in total. The average Bonchev–Trinajstić information content (AvgIpc) is 2.95. The van der Waals surface area contributed by atoms with E-state index in [1.165, 1.54) is 26.5 Å². The van der Waals surface area contributed by atoms with Crippen molar-refractivity contribution in [2.75, 3.05) is 12.5 Å². The van der Waals surface area contributed by atoms with Crippen LogP contribution in [0.4, 0.5) is 0 Å². The number of rotatable bonds is 2. The van der Waals surface area contributed by atoms with Crippen molar-refractivity contribution in [2.45, 2.75) is 23.1 Å². The van der Waals surface area contributed by atoms with Gasteiger partial charge in [-0.15, -0.1) is 0 Å². The van der Waals surface area contributed by atoms with E-state index in [4.69, 9.17) is 9.97 Å². The van der Waals surface area contributed by atoms with Gasteiger partial charge in [0.25, 0.3) is 0 Å². The molecule has 0 amide bonds. The van der Waals surface area contributed by atoms with Crippen LogP contribution in [0.5, 0.6) is 0 Å². The van der Waals surface area contributed by atoms with E-state index in [2.05, 4.69) is 86.2 Å². The highest BCUT2D eigenvalue weighted by atomic mass is 32.3. The minimum atomic E-state index is -1.09. The van der Waals surface area contributed by atoms with Crippen LogP contribution < -0.4 is 0 Å². The second-order valence-electron chi connectivity index (χ2n) is 7.36. The van der Waals surface area contributed by atoms with E-state index in [1.807, 2.05) is 0 Å². The summed E-state index contributed by atoms with van der Waals surface area (Å²) in [6.07, 6.45) is 5.65. The molecule has 0 spiro atoms. The Kier molecular flexibility index (Phi) is 3.63. The molecule has 134 valence electrons. The second kappa shape index (κ2) is 5.93. The fourth-order valence-electron chi connectivity index (χ4n) is 4.22. The molecule has 4 aromatic rings. The van der Waals surface area contributed by atoms with Crippen LogP contribution in [0, 0.1) is 0 Å². The molecule has 0 saturated heterocycles. The maximum Gasteiger partial charge on any atom is 0.129 e. The Hall–Kier alpha value is -2.65. The summed E-state index contributed by atoms with van der Waals surface area (Å²) in [6.45, 7) is 2.12. The number of hydrogen-bond acceptors (Lipinski definition) is 2. The highest BCUT2D eigenvalue weighted by molar-refractivity contribution is 8.33. The molecule has 0 saturated carbocycles. The smallest absolute Gasteiger partial charge is 0.129 e. The number of para-hydroxylation sites is 1. The molecule has 1 aromatic heterocycles. The molecule has 0 radical (unpaired) electrons. The zero-order valence-electron chi connectivity index (χ0n) is 15.9. The third-order valence-electron chi connectivity index (χ3n) is 5.47. The van der Waals surface area contributed by atoms with E-state index in [1.54, 1.807) is 0 Å². The summed E-state index contributed by atoms with van der Waals surface area (Å²) in [5.41, 5.74) is 6.10. The van der Waals surface area contributed by atoms with Gasteiger partial charge in [0.15, 0.2) is 0 Å². The highest BCUT2D eigenvalue weighted by Gasteiger charge is 2.34. The first kappa shape index (κ1) is 16.5. The van der Waals surface area contributed by atoms with E-state index in [9.17, 15) is 0 Å². The largest absolute Gasteiger partial charge is 0.233 e. The van der Waals surface area contributed by atoms with Crippen molar-refractivity contribution in [1.29, 1.82) is 0 Å². The number of fused-ring (bicyclic) bond motifs is 4. The van der Waals surface area contributed by atoms with Crippen molar-refractivity contribution in [3.63, 3.8) is 0 Å². The minimum absolute atomic E-state index is 0.837. The molecule has 1 aliphatic heterocycles. The van der Waals surface area contributed by atoms with Crippen LogP contribution in [0.2, 0.25) is 0 Å². The number of aromatic nitrogens is 2. The molecule has 2 heterocycles. The standard InChI is InChI=1S/C24H22N2S/c1-4-22-25-20-14-7-5-11-18(20)23(26-22)19-13-9-12-17-16-10-6-8-15-21(16)27(2,3)24(17)19/h5-15H,4H2,1-3H3. The predicted octanol–water partition coefficient (Wildman–Crippen LogP) is 6.32. The summed E-state index contributed by atoms with van der Waals surface area (Å²) in [6, 6.07) is 23.9. The van der Waals surface area contributed by atoms with E-state index in [0.717, 1.165) is 28.8 Å². The normalized spacial score (nSPS) is 15.4. The van der Waals surface area contributed by atoms with E-state index >= 15 is 0 Å². The van der Waals surface area contributed by atoms with Gasteiger partial charge in [-0.05, 0) is 35.8 Å². The predicted molar refractivity (Wildman–Crippen MR) is 116 cm³/mol. The lowest BCUT2D eigenvalue weighted by Gasteiger charge is -2.30. The van der Waals surface area contributed by atoms with Gasteiger partial charge in [-0.2, -0.15) is 10.0 Å². The first-order valence-corrected chi connectivity index (χ1v) is 11.8. The van der Waals surface area contributed by atoms with Gasteiger partial charge in [-0.25, -0.2) is 9.97 Å². The van der Waals surface area contributed by atoms with E-state index in [0.29, 0.717) is 0 Å². The number of benzene rings is 3. The molecule has 0 bridgehead atoms. The minimum Gasteiger partial charge on any atom is -0.233 e. The van der Waals surface area contributed by atoms with Crippen LogP contribution in [0.25, 0.3) is 33.3 Å². The maximum atomic E-state index is 5.00. The lowest BCUT2D eigenvalue weighted by atomic mass is 10.00. The third-order valence-corrected chi connectivity index (χ3v) is 8.39. The van der Waals surface area contributed by atoms with Gasteiger partial charge >= 0.3 is 0 Å². The van der Waals surface area contributed by atoms with Crippen LogP contribution in [0.1, 0.15) is 12.7 Å². The van der Waals surface area contributed by atoms with Gasteiger partial charge in [-0.3, -0.25) is 0 Å². The SMILES string of the molecule is CCc1nc(-c2cccc3c2S(C)(C)c2ccccc2-3)c2ccccc2n1. The van der Waals surface area contributed by atoms with Crippen molar-refractivity contribution in [1.82, 2.24) is 9.97 Å². The number of aryl methyl sites for hydroxylation is 1. The van der Waals surface area contributed by atoms with Crippen molar-refractivity contribution in [3.8, 4) is 22.4 Å². The van der Waals surface area contributed by atoms with Crippen LogP contribution in [-0.4, -0.2) is 22.5 Å². The molecule has 3 aromatic carbocycles. The zero-order valence-corrected chi connectivity index (χ0v) is 16.7. The van der Waals surface area contributed by atoms with Gasteiger partial charge < -0.3 is 0 Å². The van der Waals surface area contributed by atoms with Gasteiger partial charge in [-0.1, -0.05) is 61.5 Å². The molecular formula is C24H22N2S. The molecule has 0 atom stereocenters. The Morgan fingerprint density at radius 3 is 2.30 bits per heavy atom. The van der Waals surface area contributed by atoms with Crippen molar-refractivity contribution >= 4 is 20.9 Å². The Morgan fingerprint density at radius 2 is 1.44 bits per heavy atom. The lowest BCUT2D eigenvalue weighted by molar-refractivity contribution is 0.963. The van der Waals surface area contributed by atoms with Crippen molar-refractivity contribution in [2.24, 2.45) is 0 Å². The Morgan fingerprint density at radius 1 is 0.741 bits per heavy atom. The third kappa shape index (κ3) is 2.35. The molecule has 3 heteroatoms. The van der Waals surface area contributed by atoms with Crippen LogP contribution >= 0.6 is 10.0 Å². The molecule has 1 aliphatic rings. The number of hydrogen-bond donors (Lipinski definition) is 0. The second-order valence-corrected chi connectivity index (χ2v) is 10.9. The Labute approximate surface area is 161 Å². The first-order chi connectivity index (χ1) is 13.1.